The van der Waals surface area contributed by atoms with Crippen molar-refractivity contribution in [2.75, 3.05) is 14.2 Å². The zero-order valence-corrected chi connectivity index (χ0v) is 14.1. The first kappa shape index (κ1) is 17.6. The number of halogens is 1. The highest BCUT2D eigenvalue weighted by molar-refractivity contribution is 5.36. The summed E-state index contributed by atoms with van der Waals surface area (Å²) in [7, 11) is 3.20. The van der Waals surface area contributed by atoms with E-state index in [1.54, 1.807) is 33.0 Å². The number of benzene rings is 1. The average Bonchev–Trinajstić information content (AvgIpc) is 2.53. The summed E-state index contributed by atoms with van der Waals surface area (Å²) in [6.07, 6.45) is 0. The minimum atomic E-state index is -0.434. The highest BCUT2D eigenvalue weighted by atomic mass is 19.1. The van der Waals surface area contributed by atoms with Crippen LogP contribution in [0.2, 0.25) is 0 Å². The van der Waals surface area contributed by atoms with Crippen LogP contribution in [0.25, 0.3) is 0 Å². The predicted octanol–water partition coefficient (Wildman–Crippen LogP) is 1.97. The van der Waals surface area contributed by atoms with Crippen LogP contribution >= 0.6 is 0 Å². The molecule has 1 aromatic heterocycles. The standard InChI is InChI=1S/C17H19FN4O2/c1-11-12(2)20-22(17(23)14(11)8-19)10-21(3)9-13-5-6-16(24-4)15(18)7-13/h5-7H,9-10H2,1-4H3. The number of hydrogen-bond acceptors (Lipinski definition) is 5. The average molecular weight is 330 g/mol. The summed E-state index contributed by atoms with van der Waals surface area (Å²) in [5.41, 5.74) is 1.65. The molecule has 0 radical (unpaired) electrons. The molecule has 126 valence electrons. The van der Waals surface area contributed by atoms with Gasteiger partial charge in [-0.25, -0.2) is 9.07 Å². The Balaban J connectivity index is 2.20. The van der Waals surface area contributed by atoms with E-state index in [2.05, 4.69) is 5.10 Å². The van der Waals surface area contributed by atoms with Crippen LogP contribution in [0, 0.1) is 31.0 Å². The van der Waals surface area contributed by atoms with Gasteiger partial charge in [0.2, 0.25) is 0 Å². The van der Waals surface area contributed by atoms with E-state index in [0.717, 1.165) is 5.56 Å². The van der Waals surface area contributed by atoms with E-state index in [-0.39, 0.29) is 18.0 Å². The molecule has 0 aliphatic rings. The van der Waals surface area contributed by atoms with Gasteiger partial charge in [-0.1, -0.05) is 6.07 Å². The molecule has 2 aromatic rings. The molecule has 0 fully saturated rings. The lowest BCUT2D eigenvalue weighted by Crippen LogP contribution is -2.34. The van der Waals surface area contributed by atoms with Crippen LogP contribution < -0.4 is 10.3 Å². The maximum Gasteiger partial charge on any atom is 0.286 e. The number of aromatic nitrogens is 2. The molecule has 7 heteroatoms. The highest BCUT2D eigenvalue weighted by Gasteiger charge is 2.13. The molecule has 0 aliphatic carbocycles. The van der Waals surface area contributed by atoms with E-state index in [4.69, 9.17) is 10.00 Å². The fourth-order valence-corrected chi connectivity index (χ4v) is 2.40. The van der Waals surface area contributed by atoms with Crippen LogP contribution in [0.4, 0.5) is 4.39 Å². The first-order valence-corrected chi connectivity index (χ1v) is 7.36. The number of rotatable bonds is 5. The Kier molecular flexibility index (Phi) is 5.31. The largest absolute Gasteiger partial charge is 0.494 e. The Labute approximate surface area is 139 Å². The van der Waals surface area contributed by atoms with Crippen molar-refractivity contribution in [3.05, 3.63) is 56.8 Å². The van der Waals surface area contributed by atoms with Gasteiger partial charge >= 0.3 is 0 Å². The van der Waals surface area contributed by atoms with Gasteiger partial charge in [-0.2, -0.15) is 10.4 Å². The fraction of sp³-hybridized carbons (Fsp3) is 0.353. The summed E-state index contributed by atoms with van der Waals surface area (Å²) in [4.78, 5) is 14.1. The van der Waals surface area contributed by atoms with Crippen LogP contribution in [-0.2, 0) is 13.2 Å². The lowest BCUT2D eigenvalue weighted by Gasteiger charge is -2.18. The number of nitrogens with zero attached hydrogens (tertiary/aromatic N) is 4. The zero-order valence-electron chi connectivity index (χ0n) is 14.1. The number of methoxy groups -OCH3 is 1. The summed E-state index contributed by atoms with van der Waals surface area (Å²) >= 11 is 0. The number of hydrogen-bond donors (Lipinski definition) is 0. The summed E-state index contributed by atoms with van der Waals surface area (Å²) in [6.45, 7) is 4.08. The molecule has 0 saturated carbocycles. The molecule has 0 saturated heterocycles. The van der Waals surface area contributed by atoms with Crippen molar-refractivity contribution in [3.8, 4) is 11.8 Å². The molecular weight excluding hydrogens is 311 g/mol. The lowest BCUT2D eigenvalue weighted by molar-refractivity contribution is 0.238. The zero-order chi connectivity index (χ0) is 17.9. The molecule has 24 heavy (non-hydrogen) atoms. The molecule has 1 aromatic carbocycles. The van der Waals surface area contributed by atoms with E-state index < -0.39 is 11.4 Å². The van der Waals surface area contributed by atoms with E-state index in [1.807, 2.05) is 11.0 Å². The third-order valence-corrected chi connectivity index (χ3v) is 3.79. The van der Waals surface area contributed by atoms with Gasteiger partial charge in [-0.05, 0) is 44.2 Å². The quantitative estimate of drug-likeness (QED) is 0.838. The smallest absolute Gasteiger partial charge is 0.286 e. The van der Waals surface area contributed by atoms with Crippen molar-refractivity contribution < 1.29 is 9.13 Å². The Bertz CT molecular complexity index is 855. The van der Waals surface area contributed by atoms with Crippen LogP contribution in [0.15, 0.2) is 23.0 Å². The van der Waals surface area contributed by atoms with Crippen molar-refractivity contribution in [2.24, 2.45) is 0 Å². The summed E-state index contributed by atoms with van der Waals surface area (Å²) in [5.74, 6) is -0.247. The van der Waals surface area contributed by atoms with Crippen molar-refractivity contribution in [3.63, 3.8) is 0 Å². The molecule has 0 unspecified atom stereocenters. The molecule has 2 rings (SSSR count). The van der Waals surface area contributed by atoms with Crippen molar-refractivity contribution in [2.45, 2.75) is 27.1 Å². The van der Waals surface area contributed by atoms with Crippen molar-refractivity contribution >= 4 is 0 Å². The van der Waals surface area contributed by atoms with Gasteiger partial charge in [-0.15, -0.1) is 0 Å². The maximum atomic E-state index is 13.7. The van der Waals surface area contributed by atoms with Crippen LogP contribution in [-0.4, -0.2) is 28.8 Å². The predicted molar refractivity (Wildman–Crippen MR) is 87.1 cm³/mol. The second-order valence-electron chi connectivity index (χ2n) is 5.63. The Morgan fingerprint density at radius 1 is 1.42 bits per heavy atom. The van der Waals surface area contributed by atoms with Crippen LogP contribution in [0.3, 0.4) is 0 Å². The van der Waals surface area contributed by atoms with E-state index in [9.17, 15) is 9.18 Å². The van der Waals surface area contributed by atoms with Gasteiger partial charge in [0.05, 0.1) is 19.5 Å². The monoisotopic (exact) mass is 330 g/mol. The normalized spacial score (nSPS) is 10.7. The second-order valence-corrected chi connectivity index (χ2v) is 5.63. The van der Waals surface area contributed by atoms with E-state index in [0.29, 0.717) is 17.8 Å². The van der Waals surface area contributed by atoms with Gasteiger partial charge in [-0.3, -0.25) is 9.69 Å². The Morgan fingerprint density at radius 3 is 2.71 bits per heavy atom. The summed E-state index contributed by atoms with van der Waals surface area (Å²) < 4.78 is 19.9. The van der Waals surface area contributed by atoms with Gasteiger partial charge in [0.25, 0.3) is 5.56 Å². The molecule has 0 atom stereocenters. The van der Waals surface area contributed by atoms with Gasteiger partial charge in [0.1, 0.15) is 11.6 Å². The topological polar surface area (TPSA) is 71.2 Å². The third kappa shape index (κ3) is 3.60. The van der Waals surface area contributed by atoms with Gasteiger partial charge < -0.3 is 4.74 Å². The minimum absolute atomic E-state index is 0.103. The van der Waals surface area contributed by atoms with Gasteiger partial charge in [0.15, 0.2) is 11.6 Å². The molecule has 0 amide bonds. The molecule has 0 N–H and O–H groups in total. The molecule has 0 aliphatic heterocycles. The van der Waals surface area contributed by atoms with E-state index in [1.165, 1.54) is 17.9 Å². The molecule has 1 heterocycles. The molecule has 0 bridgehead atoms. The maximum absolute atomic E-state index is 13.7. The van der Waals surface area contributed by atoms with Crippen molar-refractivity contribution in [1.82, 2.24) is 14.7 Å². The Hall–Kier alpha value is -2.72. The SMILES string of the molecule is COc1ccc(CN(C)Cn2nc(C)c(C)c(C#N)c2=O)cc1F. The van der Waals surface area contributed by atoms with Crippen LogP contribution in [0.5, 0.6) is 5.75 Å². The molecular formula is C17H19FN4O2. The summed E-state index contributed by atoms with van der Waals surface area (Å²) in [6, 6.07) is 6.65. The number of ether oxygens (including phenoxy) is 1. The third-order valence-electron chi connectivity index (χ3n) is 3.79. The summed E-state index contributed by atoms with van der Waals surface area (Å²) in [5, 5.41) is 13.4. The second kappa shape index (κ2) is 7.23. The highest BCUT2D eigenvalue weighted by Crippen LogP contribution is 2.18. The number of nitriles is 1. The first-order chi connectivity index (χ1) is 11.4. The molecule has 6 nitrogen and oxygen atoms in total. The first-order valence-electron chi connectivity index (χ1n) is 7.36. The minimum Gasteiger partial charge on any atom is -0.494 e. The molecule has 0 spiro atoms. The lowest BCUT2D eigenvalue weighted by atomic mass is 10.1. The number of aryl methyl sites for hydroxylation is 1. The van der Waals surface area contributed by atoms with E-state index >= 15 is 0 Å². The van der Waals surface area contributed by atoms with Crippen LogP contribution in [0.1, 0.15) is 22.4 Å². The fourth-order valence-electron chi connectivity index (χ4n) is 2.40. The van der Waals surface area contributed by atoms with Gasteiger partial charge in [0, 0.05) is 6.54 Å². The van der Waals surface area contributed by atoms with Crippen molar-refractivity contribution in [1.29, 1.82) is 5.26 Å². The Morgan fingerprint density at radius 2 is 2.12 bits per heavy atom.